The summed E-state index contributed by atoms with van der Waals surface area (Å²) in [5.74, 6) is 1.79. The Hall–Kier alpha value is -1.61. The van der Waals surface area contributed by atoms with Gasteiger partial charge in [-0.3, -0.25) is 14.9 Å². The van der Waals surface area contributed by atoms with Gasteiger partial charge in [-0.25, -0.2) is 0 Å². The van der Waals surface area contributed by atoms with Gasteiger partial charge >= 0.3 is 0 Å². The molecular weight excluding hydrogens is 441 g/mol. The summed E-state index contributed by atoms with van der Waals surface area (Å²) >= 11 is 0. The van der Waals surface area contributed by atoms with Crippen molar-refractivity contribution in [3.05, 3.63) is 54.2 Å². The highest BCUT2D eigenvalue weighted by Crippen LogP contribution is 2.24. The lowest BCUT2D eigenvalue weighted by atomic mass is 10.1. The highest BCUT2D eigenvalue weighted by Gasteiger charge is 2.24. The first kappa shape index (κ1) is 20.7. The molecule has 7 heteroatoms. The quantitative estimate of drug-likeness (QED) is 0.387. The van der Waals surface area contributed by atoms with Gasteiger partial charge in [-0.15, -0.1) is 24.0 Å². The Balaban J connectivity index is 0.00000243. The molecule has 1 atom stereocenters. The van der Waals surface area contributed by atoms with Crippen LogP contribution in [0.4, 0.5) is 0 Å². The lowest BCUT2D eigenvalue weighted by Crippen LogP contribution is -2.44. The summed E-state index contributed by atoms with van der Waals surface area (Å²) in [5.41, 5.74) is 0.990. The van der Waals surface area contributed by atoms with Gasteiger partial charge in [0, 0.05) is 19.8 Å². The molecule has 3 heterocycles. The number of hydrogen-bond donors (Lipinski definition) is 2. The smallest absolute Gasteiger partial charge is 0.191 e. The number of hydrogen-bond acceptors (Lipinski definition) is 4. The number of nitrogens with one attached hydrogen (secondary N) is 2. The molecule has 1 saturated heterocycles. The maximum Gasteiger partial charge on any atom is 0.191 e. The summed E-state index contributed by atoms with van der Waals surface area (Å²) in [4.78, 5) is 11.1. The molecule has 0 aromatic carbocycles. The van der Waals surface area contributed by atoms with Crippen LogP contribution in [0.2, 0.25) is 0 Å². The van der Waals surface area contributed by atoms with Crippen molar-refractivity contribution in [3.63, 3.8) is 0 Å². The Morgan fingerprint density at radius 2 is 2.04 bits per heavy atom. The molecule has 0 bridgehead atoms. The zero-order valence-electron chi connectivity index (χ0n) is 15.2. The van der Waals surface area contributed by atoms with Crippen molar-refractivity contribution in [2.24, 2.45) is 4.99 Å². The van der Waals surface area contributed by atoms with E-state index in [-0.39, 0.29) is 30.0 Å². The third kappa shape index (κ3) is 5.98. The summed E-state index contributed by atoms with van der Waals surface area (Å²) in [6.07, 6.45) is 7.38. The monoisotopic (exact) mass is 469 g/mol. The molecule has 1 unspecified atom stereocenters. The van der Waals surface area contributed by atoms with E-state index in [0.717, 1.165) is 37.0 Å². The zero-order valence-corrected chi connectivity index (χ0v) is 17.6. The van der Waals surface area contributed by atoms with Crippen molar-refractivity contribution in [2.75, 3.05) is 26.7 Å². The summed E-state index contributed by atoms with van der Waals surface area (Å²) in [5, 5.41) is 6.75. The number of piperidine rings is 1. The fourth-order valence-electron chi connectivity index (χ4n) is 3.21. The first-order chi connectivity index (χ1) is 12.4. The van der Waals surface area contributed by atoms with Gasteiger partial charge in [0.25, 0.3) is 0 Å². The molecule has 1 fully saturated rings. The number of halogens is 1. The molecule has 142 valence electrons. The van der Waals surface area contributed by atoms with Gasteiger partial charge in [-0.05, 0) is 50.2 Å². The highest BCUT2D eigenvalue weighted by molar-refractivity contribution is 14.0. The third-order valence-corrected chi connectivity index (χ3v) is 4.55. The van der Waals surface area contributed by atoms with Crippen LogP contribution in [-0.2, 0) is 6.54 Å². The van der Waals surface area contributed by atoms with Gasteiger partial charge < -0.3 is 15.1 Å². The number of rotatable bonds is 6. The van der Waals surface area contributed by atoms with Crippen LogP contribution in [0, 0.1) is 0 Å². The fourth-order valence-corrected chi connectivity index (χ4v) is 3.21. The Bertz CT molecular complexity index is 641. The summed E-state index contributed by atoms with van der Waals surface area (Å²) in [6.45, 7) is 3.64. The second-order valence-corrected chi connectivity index (χ2v) is 6.26. The van der Waals surface area contributed by atoms with E-state index in [9.17, 15) is 0 Å². The molecule has 1 aliphatic rings. The molecule has 0 radical (unpaired) electrons. The SMILES string of the molecule is CN=C(NCc1ccccn1)NCC(c1ccco1)N1CCCCC1.I. The van der Waals surface area contributed by atoms with Crippen molar-refractivity contribution in [3.8, 4) is 0 Å². The molecule has 1 aliphatic heterocycles. The topological polar surface area (TPSA) is 65.7 Å². The van der Waals surface area contributed by atoms with Crippen LogP contribution in [0.15, 0.2) is 52.2 Å². The molecule has 0 amide bonds. The predicted molar refractivity (Wildman–Crippen MR) is 115 cm³/mol. The van der Waals surface area contributed by atoms with Gasteiger partial charge in [0.1, 0.15) is 5.76 Å². The van der Waals surface area contributed by atoms with Crippen LogP contribution >= 0.6 is 24.0 Å². The first-order valence-electron chi connectivity index (χ1n) is 8.98. The van der Waals surface area contributed by atoms with E-state index in [1.807, 2.05) is 24.3 Å². The predicted octanol–water partition coefficient (Wildman–Crippen LogP) is 3.18. The van der Waals surface area contributed by atoms with Crippen molar-refractivity contribution < 1.29 is 4.42 Å². The summed E-state index contributed by atoms with van der Waals surface area (Å²) in [7, 11) is 1.79. The molecule has 0 saturated carbocycles. The van der Waals surface area contributed by atoms with Crippen LogP contribution in [0.1, 0.15) is 36.8 Å². The third-order valence-electron chi connectivity index (χ3n) is 4.55. The van der Waals surface area contributed by atoms with E-state index in [0.29, 0.717) is 6.54 Å². The number of nitrogens with zero attached hydrogens (tertiary/aromatic N) is 3. The standard InChI is InChI=1S/C19H27N5O.HI/c1-20-19(22-14-16-8-3-4-10-21-16)23-15-17(18-9-7-13-25-18)24-11-5-2-6-12-24;/h3-4,7-10,13,17H,2,5-6,11-12,14-15H2,1H3,(H2,20,22,23);1H. The minimum atomic E-state index is 0. The van der Waals surface area contributed by atoms with Gasteiger partial charge in [-0.2, -0.15) is 0 Å². The lowest BCUT2D eigenvalue weighted by Gasteiger charge is -2.33. The summed E-state index contributed by atoms with van der Waals surface area (Å²) < 4.78 is 5.69. The van der Waals surface area contributed by atoms with Crippen LogP contribution < -0.4 is 10.6 Å². The van der Waals surface area contributed by atoms with E-state index < -0.39 is 0 Å². The average Bonchev–Trinajstić information content (AvgIpc) is 3.20. The molecule has 0 spiro atoms. The Morgan fingerprint density at radius 3 is 2.69 bits per heavy atom. The highest BCUT2D eigenvalue weighted by atomic mass is 127. The number of likely N-dealkylation sites (tertiary alicyclic amines) is 1. The minimum Gasteiger partial charge on any atom is -0.468 e. The Kier molecular flexibility index (Phi) is 8.90. The number of aromatic nitrogens is 1. The first-order valence-corrected chi connectivity index (χ1v) is 8.98. The molecule has 3 rings (SSSR count). The van der Waals surface area contributed by atoms with Crippen LogP contribution in [0.3, 0.4) is 0 Å². The maximum absolute atomic E-state index is 5.69. The largest absolute Gasteiger partial charge is 0.468 e. The minimum absolute atomic E-state index is 0. The van der Waals surface area contributed by atoms with E-state index in [4.69, 9.17) is 4.42 Å². The van der Waals surface area contributed by atoms with Gasteiger partial charge in [-0.1, -0.05) is 12.5 Å². The zero-order chi connectivity index (χ0) is 17.3. The average molecular weight is 469 g/mol. The van der Waals surface area contributed by atoms with Crippen molar-refractivity contribution in [1.29, 1.82) is 0 Å². The maximum atomic E-state index is 5.69. The fraction of sp³-hybridized carbons (Fsp3) is 0.474. The molecule has 6 nitrogen and oxygen atoms in total. The van der Waals surface area contributed by atoms with Crippen LogP contribution in [0.5, 0.6) is 0 Å². The molecule has 2 aromatic rings. The van der Waals surface area contributed by atoms with Gasteiger partial charge in [0.05, 0.1) is 24.5 Å². The van der Waals surface area contributed by atoms with E-state index >= 15 is 0 Å². The number of aliphatic imine (C=N–C) groups is 1. The molecular formula is C19H28IN5O. The van der Waals surface area contributed by atoms with Crippen LogP contribution in [0.25, 0.3) is 0 Å². The second kappa shape index (κ2) is 11.2. The number of pyridine rings is 1. The number of furan rings is 1. The van der Waals surface area contributed by atoms with E-state index in [1.54, 1.807) is 19.5 Å². The normalized spacial score (nSPS) is 16.6. The second-order valence-electron chi connectivity index (χ2n) is 6.26. The molecule has 26 heavy (non-hydrogen) atoms. The van der Waals surface area contributed by atoms with E-state index in [1.165, 1.54) is 19.3 Å². The Labute approximate surface area is 172 Å². The summed E-state index contributed by atoms with van der Waals surface area (Å²) in [6, 6.07) is 10.2. The van der Waals surface area contributed by atoms with Crippen molar-refractivity contribution in [1.82, 2.24) is 20.5 Å². The van der Waals surface area contributed by atoms with Crippen molar-refractivity contribution in [2.45, 2.75) is 31.8 Å². The van der Waals surface area contributed by atoms with Gasteiger partial charge in [0.2, 0.25) is 0 Å². The van der Waals surface area contributed by atoms with E-state index in [2.05, 4.69) is 31.6 Å². The molecule has 2 N–H and O–H groups in total. The molecule has 2 aromatic heterocycles. The Morgan fingerprint density at radius 1 is 1.19 bits per heavy atom. The lowest BCUT2D eigenvalue weighted by molar-refractivity contribution is 0.146. The van der Waals surface area contributed by atoms with Crippen LogP contribution in [-0.4, -0.2) is 42.5 Å². The van der Waals surface area contributed by atoms with Crippen molar-refractivity contribution >= 4 is 29.9 Å². The number of guanidine groups is 1. The molecule has 0 aliphatic carbocycles. The van der Waals surface area contributed by atoms with Gasteiger partial charge in [0.15, 0.2) is 5.96 Å².